The van der Waals surface area contributed by atoms with E-state index in [0.717, 1.165) is 81.6 Å². The van der Waals surface area contributed by atoms with E-state index in [9.17, 15) is 5.11 Å². The smallest absolute Gasteiger partial charge is 0.119 e. The zero-order chi connectivity index (χ0) is 21.5. The monoisotopic (exact) mass is 420 g/mol. The highest BCUT2D eigenvalue weighted by Crippen LogP contribution is 2.45. The second-order valence-corrected chi connectivity index (χ2v) is 8.92. The Morgan fingerprint density at radius 1 is 1.03 bits per heavy atom. The third-order valence-electron chi connectivity index (χ3n) is 6.97. The van der Waals surface area contributed by atoms with Crippen LogP contribution in [0, 0.1) is 5.92 Å². The fourth-order valence-corrected chi connectivity index (χ4v) is 5.17. The molecule has 1 unspecified atom stereocenters. The summed E-state index contributed by atoms with van der Waals surface area (Å²) in [5.74, 6) is 1.20. The minimum atomic E-state index is -0.803. The Bertz CT molecular complexity index is 841. The number of rotatable bonds is 9. The van der Waals surface area contributed by atoms with Crippen molar-refractivity contribution < 1.29 is 9.84 Å². The lowest BCUT2D eigenvalue weighted by Gasteiger charge is -2.43. The molecular weight excluding hydrogens is 384 g/mol. The topological polar surface area (TPSA) is 58.7 Å². The number of piperidine rings is 1. The Kier molecular flexibility index (Phi) is 7.44. The molecule has 0 spiro atoms. The van der Waals surface area contributed by atoms with E-state index >= 15 is 0 Å². The molecule has 2 aliphatic rings. The number of aliphatic hydroxyl groups is 1. The molecule has 1 aliphatic carbocycles. The summed E-state index contributed by atoms with van der Waals surface area (Å²) in [4.78, 5) is 2.52. The van der Waals surface area contributed by atoms with Gasteiger partial charge in [0.2, 0.25) is 0 Å². The van der Waals surface area contributed by atoms with Crippen LogP contribution < -0.4 is 10.5 Å². The number of nitrogens with two attached hydrogens (primary N) is 1. The van der Waals surface area contributed by atoms with E-state index in [1.807, 2.05) is 30.3 Å². The number of hydrogen-bond donors (Lipinski definition) is 2. The average Bonchev–Trinajstić information content (AvgIpc) is 3.38. The first-order chi connectivity index (χ1) is 15.2. The number of allylic oxidation sites excluding steroid dienone is 1. The molecule has 1 fully saturated rings. The van der Waals surface area contributed by atoms with E-state index in [-0.39, 0.29) is 5.92 Å². The number of likely N-dealkylation sites (tertiary alicyclic amines) is 1. The average molecular weight is 421 g/mol. The minimum Gasteiger partial charge on any atom is -0.494 e. The Hall–Kier alpha value is -2.14. The molecule has 0 bridgehead atoms. The van der Waals surface area contributed by atoms with E-state index in [2.05, 4.69) is 35.2 Å². The van der Waals surface area contributed by atoms with E-state index in [1.54, 1.807) is 0 Å². The quantitative estimate of drug-likeness (QED) is 0.459. The maximum atomic E-state index is 12.0. The number of nitrogens with zero attached hydrogens (tertiary/aromatic N) is 1. The van der Waals surface area contributed by atoms with Gasteiger partial charge in [0.15, 0.2) is 0 Å². The van der Waals surface area contributed by atoms with Gasteiger partial charge in [-0.15, -0.1) is 0 Å². The Morgan fingerprint density at radius 3 is 2.42 bits per heavy atom. The van der Waals surface area contributed by atoms with Crippen molar-refractivity contribution in [1.82, 2.24) is 4.90 Å². The molecule has 4 nitrogen and oxygen atoms in total. The van der Waals surface area contributed by atoms with Crippen molar-refractivity contribution in [2.75, 3.05) is 26.2 Å². The van der Waals surface area contributed by atoms with Crippen molar-refractivity contribution in [1.29, 1.82) is 0 Å². The van der Waals surface area contributed by atoms with Gasteiger partial charge < -0.3 is 20.5 Å². The first-order valence-corrected chi connectivity index (χ1v) is 11.8. The van der Waals surface area contributed by atoms with Gasteiger partial charge in [-0.25, -0.2) is 0 Å². The summed E-state index contributed by atoms with van der Waals surface area (Å²) >= 11 is 0. The molecule has 3 N–H and O–H groups in total. The first kappa shape index (κ1) is 22.1. The number of benzene rings is 2. The predicted molar refractivity (Wildman–Crippen MR) is 126 cm³/mol. The van der Waals surface area contributed by atoms with Gasteiger partial charge in [-0.1, -0.05) is 48.5 Å². The van der Waals surface area contributed by atoms with Crippen molar-refractivity contribution in [3.05, 3.63) is 77.4 Å². The summed E-state index contributed by atoms with van der Waals surface area (Å²) in [6, 6.07) is 18.4. The highest BCUT2D eigenvalue weighted by Gasteiger charge is 2.43. The fourth-order valence-electron chi connectivity index (χ4n) is 5.17. The third-order valence-corrected chi connectivity index (χ3v) is 6.97. The van der Waals surface area contributed by atoms with Gasteiger partial charge in [0.25, 0.3) is 0 Å². The van der Waals surface area contributed by atoms with Crippen LogP contribution in [0.25, 0.3) is 0 Å². The molecule has 2 aromatic carbocycles. The summed E-state index contributed by atoms with van der Waals surface area (Å²) in [6.07, 6.45) is 8.65. The predicted octanol–water partition coefficient (Wildman–Crippen LogP) is 4.62. The van der Waals surface area contributed by atoms with E-state index < -0.39 is 5.60 Å². The van der Waals surface area contributed by atoms with Crippen molar-refractivity contribution in [3.63, 3.8) is 0 Å². The molecule has 0 amide bonds. The summed E-state index contributed by atoms with van der Waals surface area (Å²) in [5, 5.41) is 12.0. The van der Waals surface area contributed by atoms with Gasteiger partial charge in [0.05, 0.1) is 6.61 Å². The van der Waals surface area contributed by atoms with Crippen LogP contribution in [-0.4, -0.2) is 36.2 Å². The van der Waals surface area contributed by atoms with Gasteiger partial charge in [-0.2, -0.15) is 0 Å². The minimum absolute atomic E-state index is 0.285. The molecule has 0 radical (unpaired) electrons. The summed E-state index contributed by atoms with van der Waals surface area (Å²) in [6.45, 7) is 4.41. The molecule has 31 heavy (non-hydrogen) atoms. The second kappa shape index (κ2) is 10.4. The first-order valence-electron chi connectivity index (χ1n) is 11.8. The number of ether oxygens (including phenoxy) is 1. The third kappa shape index (κ3) is 5.20. The molecule has 1 aliphatic heterocycles. The zero-order valence-electron chi connectivity index (χ0n) is 18.5. The second-order valence-electron chi connectivity index (χ2n) is 8.92. The Labute approximate surface area is 186 Å². The van der Waals surface area contributed by atoms with Crippen LogP contribution in [0.15, 0.2) is 66.2 Å². The van der Waals surface area contributed by atoms with Crippen LogP contribution in [0.2, 0.25) is 0 Å². The Balaban J connectivity index is 1.28. The van der Waals surface area contributed by atoms with Gasteiger partial charge in [-0.3, -0.25) is 0 Å². The molecule has 4 rings (SSSR count). The zero-order valence-corrected chi connectivity index (χ0v) is 18.5. The summed E-state index contributed by atoms with van der Waals surface area (Å²) in [7, 11) is 0. The van der Waals surface area contributed by atoms with Crippen LogP contribution in [-0.2, 0) is 12.1 Å². The van der Waals surface area contributed by atoms with Crippen LogP contribution in [0.3, 0.4) is 0 Å². The molecule has 166 valence electrons. The maximum Gasteiger partial charge on any atom is 0.119 e. The molecule has 1 atom stereocenters. The highest BCUT2D eigenvalue weighted by atomic mass is 16.5. The molecular formula is C27H36N2O2. The Morgan fingerprint density at radius 2 is 1.77 bits per heavy atom. The standard InChI is InChI=1S/C27H36N2O2/c28-21-22-11-13-26(14-12-22)31-20-6-17-29-18-15-25(16-19-29)27(30,24-9-4-5-10-24)23-7-2-1-3-8-23/h1-3,7-9,11-14,25,30H,4-6,10,15-21,28H2. The van der Waals surface area contributed by atoms with Crippen LogP contribution in [0.4, 0.5) is 0 Å². The summed E-state index contributed by atoms with van der Waals surface area (Å²) in [5.41, 5.74) is 8.27. The molecule has 1 heterocycles. The van der Waals surface area contributed by atoms with E-state index in [0.29, 0.717) is 6.54 Å². The van der Waals surface area contributed by atoms with Gasteiger partial charge in [-0.05, 0) is 86.4 Å². The summed E-state index contributed by atoms with van der Waals surface area (Å²) < 4.78 is 5.88. The van der Waals surface area contributed by atoms with Gasteiger partial charge in [0.1, 0.15) is 11.4 Å². The van der Waals surface area contributed by atoms with Gasteiger partial charge in [0, 0.05) is 13.1 Å². The van der Waals surface area contributed by atoms with E-state index in [4.69, 9.17) is 10.5 Å². The normalized spacial score (nSPS) is 19.7. The lowest BCUT2D eigenvalue weighted by molar-refractivity contribution is -0.0196. The van der Waals surface area contributed by atoms with E-state index in [1.165, 1.54) is 5.57 Å². The lowest BCUT2D eigenvalue weighted by atomic mass is 9.71. The van der Waals surface area contributed by atoms with Crippen molar-refractivity contribution >= 4 is 0 Å². The molecule has 0 aromatic heterocycles. The SMILES string of the molecule is NCc1ccc(OCCCN2CCC(C(O)(C3=CCCC3)c3ccccc3)CC2)cc1. The van der Waals surface area contributed by atoms with Crippen molar-refractivity contribution in [2.45, 2.75) is 50.7 Å². The van der Waals surface area contributed by atoms with Gasteiger partial charge >= 0.3 is 0 Å². The molecule has 2 aromatic rings. The largest absolute Gasteiger partial charge is 0.494 e. The van der Waals surface area contributed by atoms with Crippen LogP contribution in [0.1, 0.15) is 49.7 Å². The molecule has 1 saturated heterocycles. The lowest BCUT2D eigenvalue weighted by Crippen LogP contribution is -2.44. The molecule has 4 heteroatoms. The maximum absolute atomic E-state index is 12.0. The van der Waals surface area contributed by atoms with Crippen LogP contribution in [0.5, 0.6) is 5.75 Å². The molecule has 0 saturated carbocycles. The highest BCUT2D eigenvalue weighted by molar-refractivity contribution is 5.35. The van der Waals surface area contributed by atoms with Crippen LogP contribution >= 0.6 is 0 Å². The number of hydrogen-bond acceptors (Lipinski definition) is 4. The fraction of sp³-hybridized carbons (Fsp3) is 0.481. The van der Waals surface area contributed by atoms with Crippen molar-refractivity contribution in [3.8, 4) is 5.75 Å². The van der Waals surface area contributed by atoms with Crippen molar-refractivity contribution in [2.24, 2.45) is 11.7 Å².